The summed E-state index contributed by atoms with van der Waals surface area (Å²) in [5, 5.41) is 17.5. The monoisotopic (exact) mass is 555 g/mol. The van der Waals surface area contributed by atoms with Gasteiger partial charge in [0.25, 0.3) is 0 Å². The number of nitrogens with one attached hydrogen (secondary N) is 4. The molecule has 0 bridgehead atoms. The number of thioether (sulfide) groups is 1. The average molecular weight is 556 g/mol. The van der Waals surface area contributed by atoms with Crippen LogP contribution in [-0.4, -0.2) is 87.4 Å². The lowest BCUT2D eigenvalue weighted by Gasteiger charge is -2.28. The number of aromatic amines is 1. The molecule has 14 nitrogen and oxygen atoms in total. The lowest BCUT2D eigenvalue weighted by molar-refractivity contribution is -0.142. The van der Waals surface area contributed by atoms with E-state index in [1.54, 1.807) is 6.92 Å². The molecule has 0 radical (unpaired) electrons. The van der Waals surface area contributed by atoms with Crippen LogP contribution in [0.15, 0.2) is 17.5 Å². The minimum absolute atomic E-state index is 0.00424. The normalized spacial score (nSPS) is 14.8. The van der Waals surface area contributed by atoms with Crippen molar-refractivity contribution in [2.24, 2.45) is 28.1 Å². The van der Waals surface area contributed by atoms with Gasteiger partial charge in [-0.3, -0.25) is 19.4 Å². The Labute approximate surface area is 226 Å². The molecule has 214 valence electrons. The third-order valence-electron chi connectivity index (χ3n) is 5.93. The van der Waals surface area contributed by atoms with Gasteiger partial charge in [-0.2, -0.15) is 11.8 Å². The fraction of sp³-hybridized carbons (Fsp3) is 0.652. The van der Waals surface area contributed by atoms with Gasteiger partial charge in [-0.05, 0) is 37.2 Å². The second-order valence-electron chi connectivity index (χ2n) is 8.95. The summed E-state index contributed by atoms with van der Waals surface area (Å²) < 4.78 is 0. The molecule has 1 aromatic rings. The SMILES string of the molecule is CCC(C)C(NC(=O)C(CCSC)NC(=O)C(N)CCCN=C(N)N)C(=O)NC(Cc1cnc[nH]1)C(=O)O. The average Bonchev–Trinajstić information content (AvgIpc) is 3.39. The zero-order valence-electron chi connectivity index (χ0n) is 22.1. The van der Waals surface area contributed by atoms with Gasteiger partial charge in [-0.25, -0.2) is 9.78 Å². The fourth-order valence-corrected chi connectivity index (χ4v) is 3.94. The van der Waals surface area contributed by atoms with Crippen molar-refractivity contribution in [2.45, 2.75) is 70.1 Å². The minimum Gasteiger partial charge on any atom is -0.480 e. The number of amides is 3. The zero-order chi connectivity index (χ0) is 28.7. The molecule has 0 fully saturated rings. The molecule has 3 amide bonds. The molecule has 0 saturated carbocycles. The Balaban J connectivity index is 2.91. The summed E-state index contributed by atoms with van der Waals surface area (Å²) in [4.78, 5) is 61.3. The molecule has 0 saturated heterocycles. The molecule has 0 aliphatic rings. The molecule has 15 heteroatoms. The van der Waals surface area contributed by atoms with Crippen molar-refractivity contribution in [2.75, 3.05) is 18.6 Å². The molecular formula is C23H41N9O5S. The van der Waals surface area contributed by atoms with Gasteiger partial charge in [-0.15, -0.1) is 0 Å². The third kappa shape index (κ3) is 11.8. The van der Waals surface area contributed by atoms with Crippen LogP contribution in [0.4, 0.5) is 0 Å². The number of H-pyrrole nitrogens is 1. The lowest BCUT2D eigenvalue weighted by atomic mass is 9.97. The fourth-order valence-electron chi connectivity index (χ4n) is 3.47. The van der Waals surface area contributed by atoms with Gasteiger partial charge in [0.05, 0.1) is 12.4 Å². The van der Waals surface area contributed by atoms with E-state index in [1.807, 2.05) is 13.2 Å². The molecule has 0 aromatic carbocycles. The van der Waals surface area contributed by atoms with Gasteiger partial charge in [-0.1, -0.05) is 20.3 Å². The molecular weight excluding hydrogens is 514 g/mol. The van der Waals surface area contributed by atoms with Crippen molar-refractivity contribution in [3.63, 3.8) is 0 Å². The molecule has 38 heavy (non-hydrogen) atoms. The largest absolute Gasteiger partial charge is 0.480 e. The maximum Gasteiger partial charge on any atom is 0.326 e. The van der Waals surface area contributed by atoms with Crippen LogP contribution in [0.3, 0.4) is 0 Å². The standard InChI is InChI=1S/C23H41N9O5S/c1-4-13(2)18(21(35)31-17(22(36)37)10-14-11-27-12-29-14)32-20(34)16(7-9-38-3)30-19(33)15(24)6-5-8-28-23(25)26/h11-13,15-18H,4-10,24H2,1-3H3,(H,27,29)(H,30,33)(H,31,35)(H,32,34)(H,36,37)(H4,25,26,28). The predicted octanol–water partition coefficient (Wildman–Crippen LogP) is -1.33. The number of guanidine groups is 1. The summed E-state index contributed by atoms with van der Waals surface area (Å²) in [5.41, 5.74) is 17.1. The summed E-state index contributed by atoms with van der Waals surface area (Å²) in [5.74, 6) is -2.70. The first kappa shape index (κ1) is 32.7. The zero-order valence-corrected chi connectivity index (χ0v) is 22.9. The van der Waals surface area contributed by atoms with E-state index in [0.29, 0.717) is 43.7 Å². The van der Waals surface area contributed by atoms with Gasteiger partial charge in [0.2, 0.25) is 17.7 Å². The van der Waals surface area contributed by atoms with Gasteiger partial charge in [0, 0.05) is 24.9 Å². The van der Waals surface area contributed by atoms with Crippen LogP contribution in [0.5, 0.6) is 0 Å². The highest BCUT2D eigenvalue weighted by Gasteiger charge is 2.32. The Morgan fingerprint density at radius 1 is 1.11 bits per heavy atom. The van der Waals surface area contributed by atoms with E-state index in [0.717, 1.165) is 0 Å². The molecule has 11 N–H and O–H groups in total. The van der Waals surface area contributed by atoms with Gasteiger partial charge < -0.3 is 43.2 Å². The highest BCUT2D eigenvalue weighted by molar-refractivity contribution is 7.98. The van der Waals surface area contributed by atoms with Crippen molar-refractivity contribution in [3.8, 4) is 0 Å². The predicted molar refractivity (Wildman–Crippen MR) is 146 cm³/mol. The summed E-state index contributed by atoms with van der Waals surface area (Å²) in [6.45, 7) is 3.95. The first-order valence-corrected chi connectivity index (χ1v) is 13.8. The number of nitrogens with two attached hydrogens (primary N) is 3. The number of carbonyl (C=O) groups excluding carboxylic acids is 3. The van der Waals surface area contributed by atoms with Crippen LogP contribution in [0.2, 0.25) is 0 Å². The Kier molecular flexibility index (Phi) is 14.8. The van der Waals surface area contributed by atoms with Crippen LogP contribution in [0.1, 0.15) is 45.2 Å². The van der Waals surface area contributed by atoms with Crippen LogP contribution in [0.25, 0.3) is 0 Å². The lowest BCUT2D eigenvalue weighted by Crippen LogP contribution is -2.59. The second-order valence-corrected chi connectivity index (χ2v) is 9.94. The highest BCUT2D eigenvalue weighted by atomic mass is 32.2. The minimum atomic E-state index is -1.23. The Hall–Kier alpha value is -3.33. The number of aromatic nitrogens is 2. The first-order chi connectivity index (χ1) is 18.0. The van der Waals surface area contributed by atoms with Crippen LogP contribution >= 0.6 is 11.8 Å². The summed E-state index contributed by atoms with van der Waals surface area (Å²) in [6.07, 6.45) is 6.39. The number of aliphatic imine (C=N–C) groups is 1. The number of imidazole rings is 1. The summed E-state index contributed by atoms with van der Waals surface area (Å²) >= 11 is 1.50. The highest BCUT2D eigenvalue weighted by Crippen LogP contribution is 2.11. The topological polar surface area (TPSA) is 244 Å². The summed E-state index contributed by atoms with van der Waals surface area (Å²) in [6, 6.07) is -4.05. The number of carboxylic acid groups (broad SMARTS) is 1. The molecule has 1 heterocycles. The van der Waals surface area contributed by atoms with E-state index >= 15 is 0 Å². The number of aliphatic carboxylic acids is 1. The van der Waals surface area contributed by atoms with E-state index < -0.39 is 47.9 Å². The van der Waals surface area contributed by atoms with Crippen molar-refractivity contribution < 1.29 is 24.3 Å². The first-order valence-electron chi connectivity index (χ1n) is 12.4. The Bertz CT molecular complexity index is 924. The van der Waals surface area contributed by atoms with Crippen molar-refractivity contribution in [1.82, 2.24) is 25.9 Å². The number of rotatable bonds is 18. The maximum absolute atomic E-state index is 13.2. The van der Waals surface area contributed by atoms with E-state index in [-0.39, 0.29) is 18.3 Å². The quantitative estimate of drug-likeness (QED) is 0.0602. The van der Waals surface area contributed by atoms with Crippen molar-refractivity contribution in [3.05, 3.63) is 18.2 Å². The molecule has 5 unspecified atom stereocenters. The summed E-state index contributed by atoms with van der Waals surface area (Å²) in [7, 11) is 0. The van der Waals surface area contributed by atoms with E-state index in [2.05, 4.69) is 30.9 Å². The van der Waals surface area contributed by atoms with Gasteiger partial charge in [0.1, 0.15) is 18.1 Å². The number of carboxylic acids is 1. The maximum atomic E-state index is 13.2. The number of hydrogen-bond donors (Lipinski definition) is 8. The number of nitrogens with zero attached hydrogens (tertiary/aromatic N) is 2. The van der Waals surface area contributed by atoms with E-state index in [1.165, 1.54) is 24.3 Å². The van der Waals surface area contributed by atoms with Gasteiger partial charge >= 0.3 is 5.97 Å². The number of hydrogen-bond acceptors (Lipinski definition) is 8. The molecule has 0 aliphatic carbocycles. The molecule has 5 atom stereocenters. The van der Waals surface area contributed by atoms with Crippen LogP contribution in [0, 0.1) is 5.92 Å². The van der Waals surface area contributed by atoms with E-state index in [9.17, 15) is 24.3 Å². The Morgan fingerprint density at radius 2 is 1.79 bits per heavy atom. The molecule has 1 rings (SSSR count). The van der Waals surface area contributed by atoms with Crippen molar-refractivity contribution >= 4 is 41.4 Å². The number of carbonyl (C=O) groups is 4. The van der Waals surface area contributed by atoms with Gasteiger partial charge in [0.15, 0.2) is 5.96 Å². The van der Waals surface area contributed by atoms with Crippen LogP contribution < -0.4 is 33.2 Å². The third-order valence-corrected chi connectivity index (χ3v) is 6.58. The Morgan fingerprint density at radius 3 is 2.34 bits per heavy atom. The van der Waals surface area contributed by atoms with Crippen LogP contribution in [-0.2, 0) is 25.6 Å². The smallest absolute Gasteiger partial charge is 0.326 e. The molecule has 0 spiro atoms. The van der Waals surface area contributed by atoms with E-state index in [4.69, 9.17) is 17.2 Å². The van der Waals surface area contributed by atoms with Crippen molar-refractivity contribution in [1.29, 1.82) is 0 Å². The molecule has 1 aromatic heterocycles. The second kappa shape index (κ2) is 17.2. The molecule has 0 aliphatic heterocycles.